The number of nitrogens with zero attached hydrogens (tertiary/aromatic N) is 5. The molecule has 1 aliphatic heterocycles. The Morgan fingerprint density at radius 3 is 2.79 bits per heavy atom. The van der Waals surface area contributed by atoms with Crippen LogP contribution >= 0.6 is 11.3 Å². The van der Waals surface area contributed by atoms with Gasteiger partial charge in [0.15, 0.2) is 0 Å². The zero-order valence-corrected chi connectivity index (χ0v) is 19.5. The fraction of sp³-hybridized carbons (Fsp3) is 0.333. The van der Waals surface area contributed by atoms with Crippen molar-refractivity contribution < 1.29 is 5.11 Å². The van der Waals surface area contributed by atoms with E-state index in [4.69, 9.17) is 0 Å². The van der Waals surface area contributed by atoms with E-state index in [0.717, 1.165) is 46.9 Å². The van der Waals surface area contributed by atoms with E-state index in [1.807, 2.05) is 29.8 Å². The number of aromatic nitrogens is 5. The van der Waals surface area contributed by atoms with Gasteiger partial charge >= 0.3 is 0 Å². The van der Waals surface area contributed by atoms with Crippen LogP contribution in [0.5, 0.6) is 5.75 Å². The second kappa shape index (κ2) is 9.01. The molecule has 1 fully saturated rings. The van der Waals surface area contributed by atoms with Gasteiger partial charge in [0.05, 0.1) is 12.1 Å². The minimum absolute atomic E-state index is 0.332. The van der Waals surface area contributed by atoms with Gasteiger partial charge in [0, 0.05) is 41.8 Å². The average Bonchev–Trinajstić information content (AvgIpc) is 3.52. The fourth-order valence-electron chi connectivity index (χ4n) is 4.69. The zero-order chi connectivity index (χ0) is 22.8. The van der Waals surface area contributed by atoms with Crippen LogP contribution in [0, 0.1) is 0 Å². The van der Waals surface area contributed by atoms with Crippen LogP contribution in [0.15, 0.2) is 54.0 Å². The molecule has 2 unspecified atom stereocenters. The number of nitrogens with one attached hydrogen (secondary N) is 2. The molecule has 2 aromatic carbocycles. The van der Waals surface area contributed by atoms with Gasteiger partial charge in [-0.3, -0.25) is 4.90 Å². The van der Waals surface area contributed by atoms with Crippen LogP contribution in [0.1, 0.15) is 35.5 Å². The van der Waals surface area contributed by atoms with Crippen molar-refractivity contribution in [2.24, 2.45) is 0 Å². The molecule has 0 radical (unpaired) electrons. The highest BCUT2D eigenvalue weighted by atomic mass is 32.1. The Hall–Kier alpha value is -3.14. The molecule has 0 amide bonds. The Kier molecular flexibility index (Phi) is 5.92. The van der Waals surface area contributed by atoms with Crippen LogP contribution < -0.4 is 5.32 Å². The third kappa shape index (κ3) is 4.39. The molecule has 170 valence electrons. The van der Waals surface area contributed by atoms with Crippen molar-refractivity contribution >= 4 is 11.3 Å². The van der Waals surface area contributed by atoms with E-state index in [1.165, 1.54) is 0 Å². The lowest BCUT2D eigenvalue weighted by Crippen LogP contribution is -2.60. The first-order valence-electron chi connectivity index (χ1n) is 11.0. The second-order valence-corrected chi connectivity index (χ2v) is 9.76. The lowest BCUT2D eigenvalue weighted by molar-refractivity contribution is 0.0433. The minimum Gasteiger partial charge on any atom is -0.508 e. The standard InChI is InChI=1S/C24H27N7OS/c1-16-13-31(14-21-25-10-11-33-21)24(2,15-26-16)22-19(4-3-5-20(22)32)12-17-6-8-18(9-7-17)23-27-29-30-28-23/h3-11,16,26,32H,12-15H2,1-2H3,(H,27,28,29,30). The van der Waals surface area contributed by atoms with Crippen molar-refractivity contribution in [3.63, 3.8) is 0 Å². The number of H-pyrrole nitrogens is 1. The molecule has 0 bridgehead atoms. The smallest absolute Gasteiger partial charge is 0.204 e. The van der Waals surface area contributed by atoms with Crippen molar-refractivity contribution in [3.05, 3.63) is 75.7 Å². The van der Waals surface area contributed by atoms with Crippen molar-refractivity contribution in [1.82, 2.24) is 35.8 Å². The fourth-order valence-corrected chi connectivity index (χ4v) is 5.32. The molecule has 2 atom stereocenters. The number of phenols is 1. The maximum absolute atomic E-state index is 11.1. The van der Waals surface area contributed by atoms with E-state index < -0.39 is 0 Å². The van der Waals surface area contributed by atoms with Gasteiger partial charge in [-0.2, -0.15) is 5.21 Å². The molecule has 33 heavy (non-hydrogen) atoms. The Labute approximate surface area is 196 Å². The summed E-state index contributed by atoms with van der Waals surface area (Å²) in [6.07, 6.45) is 2.57. The SMILES string of the molecule is CC1CN(Cc2nccs2)C(C)(c2c(O)cccc2Cc2ccc(-c3nn[nH]n3)cc2)CN1. The third-order valence-electron chi connectivity index (χ3n) is 6.42. The lowest BCUT2D eigenvalue weighted by atomic mass is 9.81. The first kappa shape index (κ1) is 21.7. The van der Waals surface area contributed by atoms with Crippen molar-refractivity contribution in [1.29, 1.82) is 0 Å². The van der Waals surface area contributed by atoms with E-state index in [-0.39, 0.29) is 5.54 Å². The summed E-state index contributed by atoms with van der Waals surface area (Å²) < 4.78 is 0. The van der Waals surface area contributed by atoms with E-state index in [9.17, 15) is 5.11 Å². The Balaban J connectivity index is 1.47. The molecule has 8 nitrogen and oxygen atoms in total. The molecule has 1 saturated heterocycles. The largest absolute Gasteiger partial charge is 0.508 e. The number of piperazine rings is 1. The molecule has 9 heteroatoms. The number of rotatable bonds is 6. The molecule has 3 heterocycles. The molecule has 2 aromatic heterocycles. The third-order valence-corrected chi connectivity index (χ3v) is 7.18. The van der Waals surface area contributed by atoms with Gasteiger partial charge in [0.25, 0.3) is 0 Å². The van der Waals surface area contributed by atoms with Crippen LogP contribution in [0.4, 0.5) is 0 Å². The topological polar surface area (TPSA) is 103 Å². The van der Waals surface area contributed by atoms with E-state index in [1.54, 1.807) is 17.4 Å². The minimum atomic E-state index is -0.372. The first-order chi connectivity index (χ1) is 16.0. The Bertz CT molecular complexity index is 1190. The highest BCUT2D eigenvalue weighted by Crippen LogP contribution is 2.40. The molecule has 0 saturated carbocycles. The van der Waals surface area contributed by atoms with Crippen molar-refractivity contribution in [2.45, 2.75) is 38.4 Å². The number of hydrogen-bond donors (Lipinski definition) is 3. The van der Waals surface area contributed by atoms with Crippen LogP contribution in [0.25, 0.3) is 11.4 Å². The summed E-state index contributed by atoms with van der Waals surface area (Å²) >= 11 is 1.67. The van der Waals surface area contributed by atoms with Crippen molar-refractivity contribution in [3.8, 4) is 17.1 Å². The number of benzene rings is 2. The molecule has 4 aromatic rings. The van der Waals surface area contributed by atoms with E-state index >= 15 is 0 Å². The van der Waals surface area contributed by atoms with E-state index in [0.29, 0.717) is 24.0 Å². The highest BCUT2D eigenvalue weighted by molar-refractivity contribution is 7.09. The van der Waals surface area contributed by atoms with Gasteiger partial charge in [-0.1, -0.05) is 36.4 Å². The molecular weight excluding hydrogens is 434 g/mol. The monoisotopic (exact) mass is 461 g/mol. The number of aromatic amines is 1. The second-order valence-electron chi connectivity index (χ2n) is 8.78. The molecule has 1 aliphatic rings. The highest BCUT2D eigenvalue weighted by Gasteiger charge is 2.41. The number of aromatic hydroxyl groups is 1. The summed E-state index contributed by atoms with van der Waals surface area (Å²) in [5, 5.41) is 32.0. The van der Waals surface area contributed by atoms with Gasteiger partial charge < -0.3 is 10.4 Å². The number of phenolic OH excluding ortho intramolecular Hbond substituents is 1. The predicted octanol–water partition coefficient (Wildman–Crippen LogP) is 3.33. The summed E-state index contributed by atoms with van der Waals surface area (Å²) in [4.78, 5) is 6.96. The van der Waals surface area contributed by atoms with Crippen LogP contribution in [-0.2, 0) is 18.5 Å². The predicted molar refractivity (Wildman–Crippen MR) is 128 cm³/mol. The normalized spacial score (nSPS) is 21.3. The zero-order valence-electron chi connectivity index (χ0n) is 18.7. The summed E-state index contributed by atoms with van der Waals surface area (Å²) in [5.41, 5.74) is 3.79. The Morgan fingerprint density at radius 1 is 1.21 bits per heavy atom. The Morgan fingerprint density at radius 2 is 2.06 bits per heavy atom. The maximum Gasteiger partial charge on any atom is 0.204 e. The van der Waals surface area contributed by atoms with Crippen LogP contribution in [0.2, 0.25) is 0 Å². The molecule has 5 rings (SSSR count). The van der Waals surface area contributed by atoms with Crippen molar-refractivity contribution in [2.75, 3.05) is 13.1 Å². The van der Waals surface area contributed by atoms with Gasteiger partial charge in [-0.25, -0.2) is 4.98 Å². The quantitative estimate of drug-likeness (QED) is 0.405. The lowest BCUT2D eigenvalue weighted by Gasteiger charge is -2.48. The van der Waals surface area contributed by atoms with Gasteiger partial charge in [-0.15, -0.1) is 21.5 Å². The van der Waals surface area contributed by atoms with Crippen LogP contribution in [0.3, 0.4) is 0 Å². The molecule has 0 spiro atoms. The summed E-state index contributed by atoms with van der Waals surface area (Å²) in [6, 6.07) is 14.4. The van der Waals surface area contributed by atoms with Gasteiger partial charge in [-0.05, 0) is 42.7 Å². The molecular formula is C24H27N7OS. The number of thiazole rings is 1. The van der Waals surface area contributed by atoms with Crippen LogP contribution in [-0.4, -0.2) is 54.7 Å². The van der Waals surface area contributed by atoms with Gasteiger partial charge in [0.2, 0.25) is 5.82 Å². The summed E-state index contributed by atoms with van der Waals surface area (Å²) in [7, 11) is 0. The van der Waals surface area contributed by atoms with Gasteiger partial charge in [0.1, 0.15) is 10.8 Å². The van der Waals surface area contributed by atoms with E-state index in [2.05, 4.69) is 67.9 Å². The summed E-state index contributed by atoms with van der Waals surface area (Å²) in [6.45, 7) is 6.81. The molecule has 3 N–H and O–H groups in total. The average molecular weight is 462 g/mol. The number of hydrogen-bond acceptors (Lipinski definition) is 8. The molecule has 0 aliphatic carbocycles. The maximum atomic E-state index is 11.1. The number of tetrazole rings is 1. The first-order valence-corrected chi connectivity index (χ1v) is 11.9. The summed E-state index contributed by atoms with van der Waals surface area (Å²) in [5.74, 6) is 0.909.